The minimum absolute atomic E-state index is 0.0331. The Hall–Kier alpha value is -2.20. The van der Waals surface area contributed by atoms with Gasteiger partial charge >= 0.3 is 0 Å². The van der Waals surface area contributed by atoms with Gasteiger partial charge < -0.3 is 14.5 Å². The molecule has 0 saturated carbocycles. The zero-order chi connectivity index (χ0) is 18.7. The topological polar surface area (TPSA) is 32.8 Å². The third-order valence-electron chi connectivity index (χ3n) is 4.98. The third kappa shape index (κ3) is 4.31. The van der Waals surface area contributed by atoms with Crippen molar-refractivity contribution in [1.82, 2.24) is 4.90 Å². The fraction of sp³-hybridized carbons (Fsp3) is 0.381. The number of halogens is 1. The SMILES string of the molecule is Cc1ccc(OCC(=O)N2CCN(c3cc(Cl)ccc3C)CC2)cc1C. The first-order chi connectivity index (χ1) is 12.4. The van der Waals surface area contributed by atoms with Gasteiger partial charge in [-0.3, -0.25) is 4.79 Å². The molecule has 0 spiro atoms. The van der Waals surface area contributed by atoms with Gasteiger partial charge in [0.25, 0.3) is 5.91 Å². The van der Waals surface area contributed by atoms with Gasteiger partial charge in [0.05, 0.1) is 0 Å². The van der Waals surface area contributed by atoms with Gasteiger partial charge in [-0.1, -0.05) is 23.7 Å². The highest BCUT2D eigenvalue weighted by molar-refractivity contribution is 6.30. The lowest BCUT2D eigenvalue weighted by molar-refractivity contribution is -0.133. The van der Waals surface area contributed by atoms with E-state index in [1.165, 1.54) is 16.7 Å². The molecule has 138 valence electrons. The number of carbonyl (C=O) groups excluding carboxylic acids is 1. The molecule has 1 aliphatic rings. The van der Waals surface area contributed by atoms with Gasteiger partial charge in [0.1, 0.15) is 5.75 Å². The first kappa shape index (κ1) is 18.6. The summed E-state index contributed by atoms with van der Waals surface area (Å²) in [4.78, 5) is 16.6. The number of amides is 1. The van der Waals surface area contributed by atoms with Crippen LogP contribution < -0.4 is 9.64 Å². The van der Waals surface area contributed by atoms with Gasteiger partial charge in [-0.2, -0.15) is 0 Å². The summed E-state index contributed by atoms with van der Waals surface area (Å²) in [6.07, 6.45) is 0. The highest BCUT2D eigenvalue weighted by atomic mass is 35.5. The lowest BCUT2D eigenvalue weighted by Gasteiger charge is -2.36. The summed E-state index contributed by atoms with van der Waals surface area (Å²) in [6.45, 7) is 9.26. The molecular formula is C21H25ClN2O2. The van der Waals surface area contributed by atoms with Crippen molar-refractivity contribution in [3.05, 3.63) is 58.1 Å². The Morgan fingerprint density at radius 1 is 0.962 bits per heavy atom. The van der Waals surface area contributed by atoms with E-state index in [-0.39, 0.29) is 12.5 Å². The minimum atomic E-state index is 0.0331. The quantitative estimate of drug-likeness (QED) is 0.813. The van der Waals surface area contributed by atoms with E-state index in [9.17, 15) is 4.79 Å². The molecule has 0 bridgehead atoms. The highest BCUT2D eigenvalue weighted by Crippen LogP contribution is 2.25. The molecule has 0 aromatic heterocycles. The lowest BCUT2D eigenvalue weighted by Crippen LogP contribution is -2.50. The molecule has 0 unspecified atom stereocenters. The van der Waals surface area contributed by atoms with Crippen LogP contribution in [0, 0.1) is 20.8 Å². The summed E-state index contributed by atoms with van der Waals surface area (Å²) in [5, 5.41) is 0.742. The number of aryl methyl sites for hydroxylation is 3. The third-order valence-corrected chi connectivity index (χ3v) is 5.22. The van der Waals surface area contributed by atoms with Crippen LogP contribution in [0.2, 0.25) is 5.02 Å². The molecule has 1 amide bonds. The first-order valence-corrected chi connectivity index (χ1v) is 9.31. The second kappa shape index (κ2) is 8.00. The lowest BCUT2D eigenvalue weighted by atomic mass is 10.1. The van der Waals surface area contributed by atoms with E-state index in [0.717, 1.165) is 29.5 Å². The van der Waals surface area contributed by atoms with E-state index in [0.29, 0.717) is 13.1 Å². The van der Waals surface area contributed by atoms with Crippen LogP contribution in [0.15, 0.2) is 36.4 Å². The largest absolute Gasteiger partial charge is 0.484 e. The van der Waals surface area contributed by atoms with E-state index in [1.807, 2.05) is 48.2 Å². The number of ether oxygens (including phenoxy) is 1. The van der Waals surface area contributed by atoms with Gasteiger partial charge in [-0.25, -0.2) is 0 Å². The number of hydrogen-bond acceptors (Lipinski definition) is 3. The maximum Gasteiger partial charge on any atom is 0.260 e. The van der Waals surface area contributed by atoms with Crippen molar-refractivity contribution >= 4 is 23.2 Å². The number of carbonyl (C=O) groups is 1. The number of anilines is 1. The van der Waals surface area contributed by atoms with Crippen LogP contribution >= 0.6 is 11.6 Å². The van der Waals surface area contributed by atoms with Gasteiger partial charge in [-0.15, -0.1) is 0 Å². The number of benzene rings is 2. The van der Waals surface area contributed by atoms with Crippen LogP contribution in [0.1, 0.15) is 16.7 Å². The Bertz CT molecular complexity index is 799. The molecule has 3 rings (SSSR count). The Labute approximate surface area is 160 Å². The Morgan fingerprint density at radius 2 is 1.65 bits per heavy atom. The molecule has 2 aromatic rings. The molecule has 0 aliphatic carbocycles. The van der Waals surface area contributed by atoms with Gasteiger partial charge in [0.2, 0.25) is 0 Å². The number of rotatable bonds is 4. The predicted octanol–water partition coefficient (Wildman–Crippen LogP) is 3.99. The van der Waals surface area contributed by atoms with Crippen LogP contribution in [0.5, 0.6) is 5.75 Å². The van der Waals surface area contributed by atoms with Crippen LogP contribution in [0.25, 0.3) is 0 Å². The molecule has 1 fully saturated rings. The van der Waals surface area contributed by atoms with Crippen LogP contribution in [-0.2, 0) is 4.79 Å². The van der Waals surface area contributed by atoms with Crippen LogP contribution in [0.4, 0.5) is 5.69 Å². The second-order valence-corrected chi connectivity index (χ2v) is 7.27. The molecule has 26 heavy (non-hydrogen) atoms. The van der Waals surface area contributed by atoms with Gasteiger partial charge in [-0.05, 0) is 61.7 Å². The molecular weight excluding hydrogens is 348 g/mol. The minimum Gasteiger partial charge on any atom is -0.484 e. The van der Waals surface area contributed by atoms with Crippen molar-refractivity contribution in [3.63, 3.8) is 0 Å². The van der Waals surface area contributed by atoms with Crippen molar-refractivity contribution in [2.45, 2.75) is 20.8 Å². The molecule has 0 N–H and O–H groups in total. The maximum atomic E-state index is 12.4. The summed E-state index contributed by atoms with van der Waals surface area (Å²) >= 11 is 6.13. The molecule has 5 heteroatoms. The zero-order valence-corrected chi connectivity index (χ0v) is 16.3. The fourth-order valence-electron chi connectivity index (χ4n) is 3.16. The monoisotopic (exact) mass is 372 g/mol. The standard InChI is InChI=1S/C21H25ClN2O2/c1-15-5-7-19(12-17(15)3)26-14-21(25)24-10-8-23(9-11-24)20-13-18(22)6-4-16(20)2/h4-7,12-13H,8-11,14H2,1-3H3. The predicted molar refractivity (Wildman–Crippen MR) is 106 cm³/mol. The Morgan fingerprint density at radius 3 is 2.35 bits per heavy atom. The number of piperazine rings is 1. The van der Waals surface area contributed by atoms with E-state index >= 15 is 0 Å². The maximum absolute atomic E-state index is 12.4. The summed E-state index contributed by atoms with van der Waals surface area (Å²) in [6, 6.07) is 11.8. The molecule has 2 aromatic carbocycles. The second-order valence-electron chi connectivity index (χ2n) is 6.83. The average molecular weight is 373 g/mol. The van der Waals surface area contributed by atoms with Crippen molar-refractivity contribution in [3.8, 4) is 5.75 Å². The fourth-order valence-corrected chi connectivity index (χ4v) is 3.33. The number of hydrogen-bond donors (Lipinski definition) is 0. The normalized spacial score (nSPS) is 14.5. The Balaban J connectivity index is 1.53. The number of nitrogens with zero attached hydrogens (tertiary/aromatic N) is 2. The van der Waals surface area contributed by atoms with Crippen LogP contribution in [0.3, 0.4) is 0 Å². The molecule has 0 atom stereocenters. The van der Waals surface area contributed by atoms with Crippen LogP contribution in [-0.4, -0.2) is 43.6 Å². The van der Waals surface area contributed by atoms with Crippen molar-refractivity contribution < 1.29 is 9.53 Å². The summed E-state index contributed by atoms with van der Waals surface area (Å²) in [7, 11) is 0. The summed E-state index contributed by atoms with van der Waals surface area (Å²) < 4.78 is 5.68. The molecule has 1 heterocycles. The van der Waals surface area contributed by atoms with Crippen molar-refractivity contribution in [2.24, 2.45) is 0 Å². The highest BCUT2D eigenvalue weighted by Gasteiger charge is 2.22. The van der Waals surface area contributed by atoms with Gasteiger partial charge in [0.15, 0.2) is 6.61 Å². The summed E-state index contributed by atoms with van der Waals surface area (Å²) in [5.74, 6) is 0.778. The smallest absolute Gasteiger partial charge is 0.260 e. The summed E-state index contributed by atoms with van der Waals surface area (Å²) in [5.41, 5.74) is 4.74. The van der Waals surface area contributed by atoms with Crippen molar-refractivity contribution in [2.75, 3.05) is 37.7 Å². The first-order valence-electron chi connectivity index (χ1n) is 8.93. The van der Waals surface area contributed by atoms with E-state index in [1.54, 1.807) is 0 Å². The van der Waals surface area contributed by atoms with Crippen molar-refractivity contribution in [1.29, 1.82) is 0 Å². The van der Waals surface area contributed by atoms with Gasteiger partial charge in [0, 0.05) is 36.9 Å². The molecule has 0 radical (unpaired) electrons. The molecule has 4 nitrogen and oxygen atoms in total. The van der Waals surface area contributed by atoms with E-state index < -0.39 is 0 Å². The van der Waals surface area contributed by atoms with E-state index in [2.05, 4.69) is 18.7 Å². The molecule has 1 saturated heterocycles. The zero-order valence-electron chi connectivity index (χ0n) is 15.6. The average Bonchev–Trinajstić information content (AvgIpc) is 2.64. The Kier molecular flexibility index (Phi) is 5.72. The molecule has 1 aliphatic heterocycles. The van der Waals surface area contributed by atoms with E-state index in [4.69, 9.17) is 16.3 Å².